The van der Waals surface area contributed by atoms with Gasteiger partial charge in [0, 0.05) is 24.1 Å². The maximum absolute atomic E-state index is 12.0. The van der Waals surface area contributed by atoms with E-state index in [0.29, 0.717) is 18.5 Å². The summed E-state index contributed by atoms with van der Waals surface area (Å²) in [5.41, 5.74) is 5.94. The van der Waals surface area contributed by atoms with Crippen LogP contribution >= 0.6 is 0 Å². The molecule has 0 aliphatic rings. The first-order valence-corrected chi connectivity index (χ1v) is 5.77. The van der Waals surface area contributed by atoms with Crippen molar-refractivity contribution in [3.63, 3.8) is 0 Å². The van der Waals surface area contributed by atoms with Gasteiger partial charge < -0.3 is 5.73 Å². The normalized spacial score (nSPS) is 10.6. The van der Waals surface area contributed by atoms with Gasteiger partial charge >= 0.3 is 6.18 Å². The second-order valence-electron chi connectivity index (χ2n) is 3.94. The number of hydrogen-bond donors (Lipinski definition) is 1. The van der Waals surface area contributed by atoms with Crippen LogP contribution in [0.5, 0.6) is 0 Å². The second kappa shape index (κ2) is 6.87. The van der Waals surface area contributed by atoms with Gasteiger partial charge in [0.2, 0.25) is 5.78 Å². The highest BCUT2D eigenvalue weighted by Crippen LogP contribution is 2.19. The molecule has 0 saturated carbocycles. The van der Waals surface area contributed by atoms with E-state index in [4.69, 9.17) is 5.73 Å². The van der Waals surface area contributed by atoms with Crippen LogP contribution in [0.15, 0.2) is 24.3 Å². The predicted octanol–water partition coefficient (Wildman–Crippen LogP) is 2.09. The Hall–Kier alpha value is -2.13. The Morgan fingerprint density at radius 1 is 1.15 bits per heavy atom. The molecule has 0 saturated heterocycles. The highest BCUT2D eigenvalue weighted by atomic mass is 19.4. The topological polar surface area (TPSA) is 60.2 Å². The summed E-state index contributed by atoms with van der Waals surface area (Å²) in [7, 11) is 0. The zero-order valence-electron chi connectivity index (χ0n) is 10.5. The van der Waals surface area contributed by atoms with Gasteiger partial charge in [0.05, 0.1) is 6.42 Å². The number of nitrogens with two attached hydrogens (primary N) is 1. The highest BCUT2D eigenvalue weighted by molar-refractivity contribution is 6.09. The lowest BCUT2D eigenvalue weighted by Crippen LogP contribution is -2.25. The minimum Gasteiger partial charge on any atom is -0.330 e. The van der Waals surface area contributed by atoms with Crippen LogP contribution in [0.25, 0.3) is 0 Å². The minimum absolute atomic E-state index is 0.0481. The summed E-state index contributed by atoms with van der Waals surface area (Å²) in [4.78, 5) is 22.2. The fraction of sp³-hybridized carbons (Fsp3) is 0.286. The molecule has 1 rings (SSSR count). The smallest absolute Gasteiger partial charge is 0.330 e. The van der Waals surface area contributed by atoms with Crippen LogP contribution in [-0.2, 0) is 4.79 Å². The second-order valence-corrected chi connectivity index (χ2v) is 3.94. The molecule has 6 heteroatoms. The molecule has 0 aliphatic heterocycles. The molecule has 20 heavy (non-hydrogen) atoms. The Morgan fingerprint density at radius 3 is 2.25 bits per heavy atom. The molecule has 0 spiro atoms. The first-order chi connectivity index (χ1) is 9.34. The third-order valence-corrected chi connectivity index (χ3v) is 2.35. The van der Waals surface area contributed by atoms with Gasteiger partial charge in [-0.1, -0.05) is 24.0 Å². The Labute approximate surface area is 114 Å². The SMILES string of the molecule is NCCC#Cc1ccc(C(=O)CC(=O)C(F)(F)F)cc1. The van der Waals surface area contributed by atoms with Crippen LogP contribution < -0.4 is 5.73 Å². The van der Waals surface area contributed by atoms with E-state index in [9.17, 15) is 22.8 Å². The minimum atomic E-state index is -4.98. The predicted molar refractivity (Wildman–Crippen MR) is 67.0 cm³/mol. The van der Waals surface area contributed by atoms with E-state index in [1.54, 1.807) is 0 Å². The number of ketones is 2. The fourth-order valence-electron chi connectivity index (χ4n) is 1.32. The molecule has 0 aromatic heterocycles. The van der Waals surface area contributed by atoms with Crippen LogP contribution in [0.2, 0.25) is 0 Å². The summed E-state index contributed by atoms with van der Waals surface area (Å²) in [6, 6.07) is 5.71. The Morgan fingerprint density at radius 2 is 1.75 bits per heavy atom. The summed E-state index contributed by atoms with van der Waals surface area (Å²) < 4.78 is 36.1. The molecular weight excluding hydrogens is 271 g/mol. The molecule has 2 N–H and O–H groups in total. The lowest BCUT2D eigenvalue weighted by atomic mass is 10.0. The fourth-order valence-corrected chi connectivity index (χ4v) is 1.32. The average Bonchev–Trinajstić information content (AvgIpc) is 2.38. The number of carbonyl (C=O) groups excluding carboxylic acids is 2. The van der Waals surface area contributed by atoms with Gasteiger partial charge in [0.1, 0.15) is 0 Å². The van der Waals surface area contributed by atoms with Crippen LogP contribution in [0.1, 0.15) is 28.8 Å². The quantitative estimate of drug-likeness (QED) is 0.523. The number of Topliss-reactive ketones (excluding diaryl/α,β-unsaturated/α-hetero) is 2. The summed E-state index contributed by atoms with van der Waals surface area (Å²) in [6.45, 7) is 0.434. The monoisotopic (exact) mass is 283 g/mol. The Kier molecular flexibility index (Phi) is 5.47. The van der Waals surface area contributed by atoms with E-state index >= 15 is 0 Å². The first kappa shape index (κ1) is 15.9. The number of hydrogen-bond acceptors (Lipinski definition) is 3. The van der Waals surface area contributed by atoms with Crippen LogP contribution in [-0.4, -0.2) is 24.3 Å². The third-order valence-electron chi connectivity index (χ3n) is 2.35. The lowest BCUT2D eigenvalue weighted by Gasteiger charge is -2.04. The molecule has 0 aliphatic carbocycles. The number of halogens is 3. The van der Waals surface area contributed by atoms with Crippen LogP contribution in [0.3, 0.4) is 0 Å². The van der Waals surface area contributed by atoms with Gasteiger partial charge in [-0.2, -0.15) is 13.2 Å². The van der Waals surface area contributed by atoms with Crippen molar-refractivity contribution >= 4 is 11.6 Å². The molecule has 3 nitrogen and oxygen atoms in total. The molecule has 0 radical (unpaired) electrons. The summed E-state index contributed by atoms with van der Waals surface area (Å²) in [5, 5.41) is 0. The number of rotatable bonds is 4. The summed E-state index contributed by atoms with van der Waals surface area (Å²) in [5.74, 6) is 2.66. The van der Waals surface area contributed by atoms with Crippen LogP contribution in [0.4, 0.5) is 13.2 Å². The van der Waals surface area contributed by atoms with Crippen molar-refractivity contribution in [1.82, 2.24) is 0 Å². The van der Waals surface area contributed by atoms with Gasteiger partial charge in [0.25, 0.3) is 0 Å². The lowest BCUT2D eigenvalue weighted by molar-refractivity contribution is -0.170. The van der Waals surface area contributed by atoms with Crippen molar-refractivity contribution in [2.75, 3.05) is 6.54 Å². The van der Waals surface area contributed by atoms with Crippen molar-refractivity contribution in [3.8, 4) is 11.8 Å². The summed E-state index contributed by atoms with van der Waals surface area (Å²) in [6.07, 6.45) is -5.63. The van der Waals surface area contributed by atoms with Gasteiger partial charge in [-0.25, -0.2) is 0 Å². The first-order valence-electron chi connectivity index (χ1n) is 5.77. The van der Waals surface area contributed by atoms with Gasteiger partial charge in [0.15, 0.2) is 5.78 Å². The van der Waals surface area contributed by atoms with Crippen molar-refractivity contribution < 1.29 is 22.8 Å². The number of alkyl halides is 3. The third kappa shape index (κ3) is 4.86. The average molecular weight is 283 g/mol. The van der Waals surface area contributed by atoms with E-state index in [2.05, 4.69) is 11.8 Å². The van der Waals surface area contributed by atoms with E-state index in [1.807, 2.05) is 0 Å². The summed E-state index contributed by atoms with van der Waals surface area (Å²) >= 11 is 0. The molecule has 0 atom stereocenters. The standard InChI is InChI=1S/C14H12F3NO2/c15-14(16,17)13(20)9-12(19)11-6-4-10(5-7-11)3-1-2-8-18/h4-7H,2,8-9,18H2. The molecule has 0 fully saturated rings. The molecule has 0 amide bonds. The Bertz CT molecular complexity index is 551. The molecule has 106 valence electrons. The van der Waals surface area contributed by atoms with Crippen LogP contribution in [0, 0.1) is 11.8 Å². The molecule has 0 unspecified atom stereocenters. The number of benzene rings is 1. The van der Waals surface area contributed by atoms with Crippen molar-refractivity contribution in [2.24, 2.45) is 5.73 Å². The molecule has 1 aromatic carbocycles. The molecule has 1 aromatic rings. The maximum Gasteiger partial charge on any atom is 0.450 e. The van der Waals surface area contributed by atoms with E-state index < -0.39 is 24.2 Å². The molecular formula is C14H12F3NO2. The van der Waals surface area contributed by atoms with E-state index in [-0.39, 0.29) is 5.56 Å². The van der Waals surface area contributed by atoms with Crippen molar-refractivity contribution in [1.29, 1.82) is 0 Å². The van der Waals surface area contributed by atoms with Gasteiger partial charge in [-0.3, -0.25) is 9.59 Å². The van der Waals surface area contributed by atoms with Gasteiger partial charge in [-0.15, -0.1) is 0 Å². The van der Waals surface area contributed by atoms with E-state index in [1.165, 1.54) is 24.3 Å². The van der Waals surface area contributed by atoms with Gasteiger partial charge in [-0.05, 0) is 12.1 Å². The highest BCUT2D eigenvalue weighted by Gasteiger charge is 2.39. The maximum atomic E-state index is 12.0. The molecule has 0 bridgehead atoms. The van der Waals surface area contributed by atoms with Crippen molar-refractivity contribution in [2.45, 2.75) is 19.0 Å². The van der Waals surface area contributed by atoms with E-state index in [0.717, 1.165) is 0 Å². The largest absolute Gasteiger partial charge is 0.450 e. The zero-order valence-corrected chi connectivity index (χ0v) is 10.5. The Balaban J connectivity index is 2.72. The zero-order chi connectivity index (χ0) is 15.2. The number of carbonyl (C=O) groups is 2. The molecule has 0 heterocycles. The van der Waals surface area contributed by atoms with Crippen molar-refractivity contribution in [3.05, 3.63) is 35.4 Å².